The van der Waals surface area contributed by atoms with Crippen LogP contribution in [-0.2, 0) is 0 Å². The number of halogens is 2. The van der Waals surface area contributed by atoms with Crippen LogP contribution < -0.4 is 10.7 Å². The van der Waals surface area contributed by atoms with Crippen LogP contribution in [0.3, 0.4) is 0 Å². The average molecular weight is 400 g/mol. The molecular weight excluding hydrogens is 385 g/mol. The van der Waals surface area contributed by atoms with E-state index in [1.165, 1.54) is 9.79 Å². The third kappa shape index (κ3) is 3.54. The number of para-hydroxylation sites is 1. The van der Waals surface area contributed by atoms with Crippen molar-refractivity contribution in [1.82, 2.24) is 0 Å². The van der Waals surface area contributed by atoms with Crippen molar-refractivity contribution < 1.29 is 0 Å². The second-order valence-corrected chi connectivity index (χ2v) is 7.77. The largest absolute Gasteiger partial charge is 0.354 e. The van der Waals surface area contributed by atoms with E-state index in [1.807, 2.05) is 19.1 Å². The Labute approximate surface area is 166 Å². The summed E-state index contributed by atoms with van der Waals surface area (Å²) in [5.74, 6) is 0. The normalized spacial score (nSPS) is 12.8. The highest BCUT2D eigenvalue weighted by molar-refractivity contribution is 7.99. The number of nitrogens with zero attached hydrogens (tertiary/aromatic N) is 1. The van der Waals surface area contributed by atoms with Gasteiger partial charge >= 0.3 is 0 Å². The summed E-state index contributed by atoms with van der Waals surface area (Å²) in [6.45, 7) is 1.97. The number of benzene rings is 3. The van der Waals surface area contributed by atoms with Gasteiger partial charge in [0.2, 0.25) is 0 Å². The molecule has 0 saturated carbocycles. The lowest BCUT2D eigenvalue weighted by Gasteiger charge is -2.21. The molecular formula is C20H15Cl2N3S. The van der Waals surface area contributed by atoms with Gasteiger partial charge in [0.1, 0.15) is 0 Å². The minimum Gasteiger partial charge on any atom is -0.354 e. The molecule has 0 bridgehead atoms. The van der Waals surface area contributed by atoms with Gasteiger partial charge in [-0.1, -0.05) is 53.2 Å². The van der Waals surface area contributed by atoms with E-state index in [2.05, 4.69) is 52.2 Å². The highest BCUT2D eigenvalue weighted by Crippen LogP contribution is 2.44. The van der Waals surface area contributed by atoms with Crippen LogP contribution in [0.4, 0.5) is 17.1 Å². The minimum absolute atomic E-state index is 0.498. The van der Waals surface area contributed by atoms with Crippen LogP contribution in [0.2, 0.25) is 10.0 Å². The van der Waals surface area contributed by atoms with Gasteiger partial charge in [-0.15, -0.1) is 0 Å². The third-order valence-corrected chi connectivity index (χ3v) is 5.94. The number of hydrogen-bond donors (Lipinski definition) is 2. The molecule has 1 aliphatic heterocycles. The molecule has 0 aromatic heterocycles. The minimum atomic E-state index is 0.498. The van der Waals surface area contributed by atoms with Crippen molar-refractivity contribution in [2.45, 2.75) is 16.7 Å². The molecule has 1 heterocycles. The molecule has 0 aliphatic carbocycles. The first kappa shape index (κ1) is 17.3. The zero-order valence-corrected chi connectivity index (χ0v) is 16.2. The van der Waals surface area contributed by atoms with E-state index in [4.69, 9.17) is 23.2 Å². The molecule has 0 amide bonds. The summed E-state index contributed by atoms with van der Waals surface area (Å²) in [4.78, 5) is 2.44. The van der Waals surface area contributed by atoms with E-state index in [0.717, 1.165) is 28.3 Å². The van der Waals surface area contributed by atoms with Crippen LogP contribution in [0.1, 0.15) is 12.5 Å². The second-order valence-electron chi connectivity index (χ2n) is 5.87. The summed E-state index contributed by atoms with van der Waals surface area (Å²) in [6, 6.07) is 20.0. The smallest absolute Gasteiger partial charge is 0.0649 e. The number of hydrazone groups is 1. The zero-order valence-electron chi connectivity index (χ0n) is 13.9. The molecule has 4 rings (SSSR count). The molecule has 3 aromatic rings. The van der Waals surface area contributed by atoms with Crippen molar-refractivity contribution >= 4 is 57.7 Å². The zero-order chi connectivity index (χ0) is 18.1. The van der Waals surface area contributed by atoms with Gasteiger partial charge in [0.05, 0.1) is 32.8 Å². The Morgan fingerprint density at radius 2 is 1.73 bits per heavy atom. The Morgan fingerprint density at radius 3 is 2.58 bits per heavy atom. The SMILES string of the molecule is C/C(=N\Nc1ccc(Cl)c(Cl)c1)c1ccc2c(c1)Nc1ccccc1S2. The summed E-state index contributed by atoms with van der Waals surface area (Å²) in [6.07, 6.45) is 0. The molecule has 0 saturated heterocycles. The van der Waals surface area contributed by atoms with Gasteiger partial charge in [-0.05, 0) is 55.0 Å². The van der Waals surface area contributed by atoms with Gasteiger partial charge in [-0.3, -0.25) is 5.43 Å². The van der Waals surface area contributed by atoms with Crippen LogP contribution in [0, 0.1) is 0 Å². The van der Waals surface area contributed by atoms with Crippen molar-refractivity contribution in [1.29, 1.82) is 0 Å². The fraction of sp³-hybridized carbons (Fsp3) is 0.0500. The fourth-order valence-corrected chi connectivity index (χ4v) is 3.91. The summed E-state index contributed by atoms with van der Waals surface area (Å²) < 4.78 is 0. The van der Waals surface area contributed by atoms with Crippen molar-refractivity contribution in [2.75, 3.05) is 10.7 Å². The molecule has 6 heteroatoms. The summed E-state index contributed by atoms with van der Waals surface area (Å²) >= 11 is 13.7. The maximum absolute atomic E-state index is 6.04. The van der Waals surface area contributed by atoms with Crippen LogP contribution in [0.15, 0.2) is 75.6 Å². The average Bonchev–Trinajstić information content (AvgIpc) is 2.66. The molecule has 3 aromatic carbocycles. The van der Waals surface area contributed by atoms with Crippen molar-refractivity contribution in [3.05, 3.63) is 76.3 Å². The molecule has 0 unspecified atom stereocenters. The predicted octanol–water partition coefficient (Wildman–Crippen LogP) is 7.04. The van der Waals surface area contributed by atoms with Crippen LogP contribution in [-0.4, -0.2) is 5.71 Å². The molecule has 0 atom stereocenters. The lowest BCUT2D eigenvalue weighted by molar-refractivity contribution is 1.29. The Bertz CT molecular complexity index is 1020. The fourth-order valence-electron chi connectivity index (χ4n) is 2.64. The first-order valence-electron chi connectivity index (χ1n) is 8.04. The van der Waals surface area contributed by atoms with E-state index in [-0.39, 0.29) is 0 Å². The molecule has 0 radical (unpaired) electrons. The van der Waals surface area contributed by atoms with E-state index >= 15 is 0 Å². The van der Waals surface area contributed by atoms with E-state index < -0.39 is 0 Å². The quantitative estimate of drug-likeness (QED) is 0.286. The standard InChI is InChI=1S/C20H15Cl2N3S/c1-12(24-25-14-7-8-15(21)16(22)11-14)13-6-9-20-18(10-13)23-17-4-2-3-5-19(17)26-20/h2-11,23,25H,1H3/b24-12+. The maximum Gasteiger partial charge on any atom is 0.0649 e. The van der Waals surface area contributed by atoms with Gasteiger partial charge < -0.3 is 5.32 Å². The van der Waals surface area contributed by atoms with Gasteiger partial charge in [0, 0.05) is 9.79 Å². The van der Waals surface area contributed by atoms with Gasteiger partial charge in [-0.25, -0.2) is 0 Å². The summed E-state index contributed by atoms with van der Waals surface area (Å²) in [5.41, 5.74) is 7.96. The highest BCUT2D eigenvalue weighted by Gasteiger charge is 2.15. The van der Waals surface area contributed by atoms with Gasteiger partial charge in [-0.2, -0.15) is 5.10 Å². The van der Waals surface area contributed by atoms with E-state index in [1.54, 1.807) is 23.9 Å². The first-order valence-corrected chi connectivity index (χ1v) is 9.61. The Balaban J connectivity index is 1.56. The predicted molar refractivity (Wildman–Crippen MR) is 113 cm³/mol. The molecule has 2 N–H and O–H groups in total. The lowest BCUT2D eigenvalue weighted by Crippen LogP contribution is -2.04. The number of fused-ring (bicyclic) bond motifs is 2. The Kier molecular flexibility index (Phi) is 4.81. The van der Waals surface area contributed by atoms with E-state index in [0.29, 0.717) is 10.0 Å². The molecule has 26 heavy (non-hydrogen) atoms. The van der Waals surface area contributed by atoms with Crippen molar-refractivity contribution in [3.8, 4) is 0 Å². The van der Waals surface area contributed by atoms with Crippen LogP contribution in [0.25, 0.3) is 0 Å². The molecule has 1 aliphatic rings. The van der Waals surface area contributed by atoms with Crippen molar-refractivity contribution in [3.63, 3.8) is 0 Å². The molecule has 3 nitrogen and oxygen atoms in total. The second kappa shape index (κ2) is 7.23. The lowest BCUT2D eigenvalue weighted by atomic mass is 10.1. The number of nitrogens with one attached hydrogen (secondary N) is 2. The Morgan fingerprint density at radius 1 is 0.923 bits per heavy atom. The Hall–Kier alpha value is -2.14. The summed E-state index contributed by atoms with van der Waals surface area (Å²) in [5, 5.41) is 8.98. The van der Waals surface area contributed by atoms with Crippen molar-refractivity contribution in [2.24, 2.45) is 5.10 Å². The number of hydrogen-bond acceptors (Lipinski definition) is 4. The van der Waals surface area contributed by atoms with Crippen LogP contribution in [0.5, 0.6) is 0 Å². The van der Waals surface area contributed by atoms with Gasteiger partial charge in [0.25, 0.3) is 0 Å². The molecule has 0 fully saturated rings. The number of rotatable bonds is 3. The highest BCUT2D eigenvalue weighted by atomic mass is 35.5. The first-order chi connectivity index (χ1) is 12.6. The van der Waals surface area contributed by atoms with Crippen LogP contribution >= 0.6 is 35.0 Å². The number of anilines is 3. The monoisotopic (exact) mass is 399 g/mol. The van der Waals surface area contributed by atoms with E-state index in [9.17, 15) is 0 Å². The molecule has 130 valence electrons. The van der Waals surface area contributed by atoms with Gasteiger partial charge in [0.15, 0.2) is 0 Å². The summed E-state index contributed by atoms with van der Waals surface area (Å²) in [7, 11) is 0. The molecule has 0 spiro atoms. The topological polar surface area (TPSA) is 36.4 Å². The third-order valence-electron chi connectivity index (χ3n) is 4.05. The maximum atomic E-state index is 6.04.